The summed E-state index contributed by atoms with van der Waals surface area (Å²) in [7, 11) is 0. The van der Waals surface area contributed by atoms with Crippen LogP contribution < -0.4 is 10.1 Å². The van der Waals surface area contributed by atoms with E-state index in [-0.39, 0.29) is 12.6 Å². The van der Waals surface area contributed by atoms with E-state index in [2.05, 4.69) is 11.4 Å². The van der Waals surface area contributed by atoms with Gasteiger partial charge in [-0.3, -0.25) is 0 Å². The smallest absolute Gasteiger partial charge is 0.250 e. The summed E-state index contributed by atoms with van der Waals surface area (Å²) in [6, 6.07) is 6.02. The normalized spacial score (nSPS) is 18.6. The van der Waals surface area contributed by atoms with Crippen LogP contribution in [0.1, 0.15) is 11.1 Å². The van der Waals surface area contributed by atoms with Crippen molar-refractivity contribution in [3.8, 4) is 5.75 Å². The van der Waals surface area contributed by atoms with Crippen LogP contribution in [0.2, 0.25) is 0 Å². The largest absolute Gasteiger partial charge is 0.488 e. The fraction of sp³-hybridized carbons (Fsp3) is 0.500. The van der Waals surface area contributed by atoms with Gasteiger partial charge in [0.05, 0.1) is 6.54 Å². The minimum absolute atomic E-state index is 0.0180. The monoisotopic (exact) mass is 227 g/mol. The van der Waals surface area contributed by atoms with Gasteiger partial charge >= 0.3 is 0 Å². The highest BCUT2D eigenvalue weighted by Gasteiger charge is 2.22. The Hall–Kier alpha value is -1.16. The van der Waals surface area contributed by atoms with E-state index in [1.807, 2.05) is 19.1 Å². The van der Waals surface area contributed by atoms with Crippen molar-refractivity contribution in [3.63, 3.8) is 0 Å². The standard InChI is InChI=1S/C12H15F2NO/c1-8-2-3-11-9(4-8)5-10(16-11)6-15-7-12(13)14/h2-4,10,12,15H,5-7H2,1H3. The first-order valence-electron chi connectivity index (χ1n) is 5.40. The van der Waals surface area contributed by atoms with Gasteiger partial charge in [-0.15, -0.1) is 0 Å². The molecule has 0 saturated carbocycles. The fourth-order valence-electron chi connectivity index (χ4n) is 1.92. The topological polar surface area (TPSA) is 21.3 Å². The van der Waals surface area contributed by atoms with Gasteiger partial charge in [0.1, 0.15) is 11.9 Å². The zero-order valence-electron chi connectivity index (χ0n) is 9.17. The second-order valence-electron chi connectivity index (χ2n) is 4.10. The van der Waals surface area contributed by atoms with Gasteiger partial charge in [0.25, 0.3) is 6.43 Å². The molecule has 1 aliphatic heterocycles. The van der Waals surface area contributed by atoms with Crippen LogP contribution in [-0.4, -0.2) is 25.6 Å². The van der Waals surface area contributed by atoms with Crippen molar-refractivity contribution in [3.05, 3.63) is 29.3 Å². The highest BCUT2D eigenvalue weighted by atomic mass is 19.3. The average Bonchev–Trinajstić information content (AvgIpc) is 2.58. The Morgan fingerprint density at radius 3 is 3.06 bits per heavy atom. The molecule has 1 N–H and O–H groups in total. The van der Waals surface area contributed by atoms with E-state index in [0.29, 0.717) is 6.54 Å². The Morgan fingerprint density at radius 2 is 2.31 bits per heavy atom. The number of alkyl halides is 2. The number of hydrogen-bond acceptors (Lipinski definition) is 2. The lowest BCUT2D eigenvalue weighted by molar-refractivity contribution is 0.138. The van der Waals surface area contributed by atoms with Crippen LogP contribution in [0.5, 0.6) is 5.75 Å². The van der Waals surface area contributed by atoms with E-state index < -0.39 is 6.43 Å². The van der Waals surface area contributed by atoms with Gasteiger partial charge in [-0.05, 0) is 18.6 Å². The van der Waals surface area contributed by atoms with E-state index in [4.69, 9.17) is 4.74 Å². The van der Waals surface area contributed by atoms with Crippen molar-refractivity contribution >= 4 is 0 Å². The van der Waals surface area contributed by atoms with Gasteiger partial charge in [0.2, 0.25) is 0 Å². The number of nitrogens with one attached hydrogen (secondary N) is 1. The van der Waals surface area contributed by atoms with Gasteiger partial charge in [0.15, 0.2) is 0 Å². The molecule has 16 heavy (non-hydrogen) atoms. The van der Waals surface area contributed by atoms with Crippen molar-refractivity contribution in [2.75, 3.05) is 13.1 Å². The number of fused-ring (bicyclic) bond motifs is 1. The van der Waals surface area contributed by atoms with Crippen LogP contribution in [0, 0.1) is 6.92 Å². The maximum absolute atomic E-state index is 11.9. The zero-order chi connectivity index (χ0) is 11.5. The van der Waals surface area contributed by atoms with Crippen LogP contribution in [0.25, 0.3) is 0 Å². The molecule has 0 bridgehead atoms. The summed E-state index contributed by atoms with van der Waals surface area (Å²) in [6.45, 7) is 2.23. The lowest BCUT2D eigenvalue weighted by Gasteiger charge is -2.11. The lowest BCUT2D eigenvalue weighted by atomic mass is 10.1. The molecule has 0 aliphatic carbocycles. The van der Waals surface area contributed by atoms with Crippen molar-refractivity contribution < 1.29 is 13.5 Å². The number of halogens is 2. The Balaban J connectivity index is 1.86. The molecule has 0 amide bonds. The van der Waals surface area contributed by atoms with E-state index in [9.17, 15) is 8.78 Å². The first kappa shape index (κ1) is 11.3. The quantitative estimate of drug-likeness (QED) is 0.851. The number of benzene rings is 1. The highest BCUT2D eigenvalue weighted by molar-refractivity contribution is 5.40. The molecular weight excluding hydrogens is 212 g/mol. The number of aryl methyl sites for hydroxylation is 1. The number of ether oxygens (including phenoxy) is 1. The molecule has 2 rings (SSSR count). The molecule has 0 aromatic heterocycles. The highest BCUT2D eigenvalue weighted by Crippen LogP contribution is 2.29. The van der Waals surface area contributed by atoms with Gasteiger partial charge in [-0.1, -0.05) is 17.7 Å². The summed E-state index contributed by atoms with van der Waals surface area (Å²) in [6.07, 6.45) is -1.52. The molecule has 1 aromatic rings. The molecule has 0 radical (unpaired) electrons. The van der Waals surface area contributed by atoms with Crippen molar-refractivity contribution in [1.82, 2.24) is 5.32 Å². The second-order valence-corrected chi connectivity index (χ2v) is 4.10. The van der Waals surface area contributed by atoms with E-state index in [1.165, 1.54) is 11.1 Å². The summed E-state index contributed by atoms with van der Waals surface area (Å²) in [5, 5.41) is 2.70. The van der Waals surface area contributed by atoms with Crippen LogP contribution in [0.15, 0.2) is 18.2 Å². The molecule has 0 fully saturated rings. The van der Waals surface area contributed by atoms with Crippen LogP contribution in [0.4, 0.5) is 8.78 Å². The third-order valence-corrected chi connectivity index (χ3v) is 2.63. The van der Waals surface area contributed by atoms with Crippen molar-refractivity contribution in [2.24, 2.45) is 0 Å². The van der Waals surface area contributed by atoms with Gasteiger partial charge in [-0.2, -0.15) is 0 Å². The van der Waals surface area contributed by atoms with E-state index >= 15 is 0 Å². The molecule has 2 nitrogen and oxygen atoms in total. The van der Waals surface area contributed by atoms with Gasteiger partial charge < -0.3 is 10.1 Å². The Morgan fingerprint density at radius 1 is 1.50 bits per heavy atom. The molecule has 88 valence electrons. The molecule has 4 heteroatoms. The average molecular weight is 227 g/mol. The summed E-state index contributed by atoms with van der Waals surface area (Å²) in [5.74, 6) is 0.884. The third-order valence-electron chi connectivity index (χ3n) is 2.63. The fourth-order valence-corrected chi connectivity index (χ4v) is 1.92. The lowest BCUT2D eigenvalue weighted by Crippen LogP contribution is -2.32. The molecule has 1 aromatic carbocycles. The number of hydrogen-bond donors (Lipinski definition) is 1. The first-order valence-corrected chi connectivity index (χ1v) is 5.40. The van der Waals surface area contributed by atoms with Crippen molar-refractivity contribution in [1.29, 1.82) is 0 Å². The summed E-state index contributed by atoms with van der Waals surface area (Å²) in [5.41, 5.74) is 2.37. The summed E-state index contributed by atoms with van der Waals surface area (Å²) < 4.78 is 29.5. The minimum Gasteiger partial charge on any atom is -0.488 e. The molecule has 1 heterocycles. The zero-order valence-corrected chi connectivity index (χ0v) is 9.17. The Kier molecular flexibility index (Phi) is 3.39. The Bertz CT molecular complexity index is 368. The molecule has 1 atom stereocenters. The minimum atomic E-state index is -2.30. The summed E-state index contributed by atoms with van der Waals surface area (Å²) >= 11 is 0. The van der Waals surface area contributed by atoms with Crippen LogP contribution in [-0.2, 0) is 6.42 Å². The molecular formula is C12H15F2NO. The van der Waals surface area contributed by atoms with E-state index in [0.717, 1.165) is 12.2 Å². The Labute approximate surface area is 93.6 Å². The molecule has 0 spiro atoms. The van der Waals surface area contributed by atoms with Gasteiger partial charge in [-0.25, -0.2) is 8.78 Å². The molecule has 1 aliphatic rings. The SMILES string of the molecule is Cc1ccc2c(c1)CC(CNCC(F)F)O2. The molecule has 1 unspecified atom stereocenters. The maximum atomic E-state index is 11.9. The first-order chi connectivity index (χ1) is 7.65. The van der Waals surface area contributed by atoms with Gasteiger partial charge in [0, 0.05) is 13.0 Å². The number of rotatable bonds is 4. The van der Waals surface area contributed by atoms with E-state index in [1.54, 1.807) is 0 Å². The van der Waals surface area contributed by atoms with Crippen molar-refractivity contribution in [2.45, 2.75) is 25.9 Å². The summed E-state index contributed by atoms with van der Waals surface area (Å²) in [4.78, 5) is 0. The predicted molar refractivity (Wildman–Crippen MR) is 58.2 cm³/mol. The second kappa shape index (κ2) is 4.78. The molecule has 0 saturated heterocycles. The maximum Gasteiger partial charge on any atom is 0.250 e. The predicted octanol–water partition coefficient (Wildman–Crippen LogP) is 2.15. The van der Waals surface area contributed by atoms with Crippen LogP contribution in [0.3, 0.4) is 0 Å². The third kappa shape index (κ3) is 2.70. The van der Waals surface area contributed by atoms with Crippen LogP contribution >= 0.6 is 0 Å².